The van der Waals surface area contributed by atoms with Gasteiger partial charge in [0, 0.05) is 12.2 Å². The lowest BCUT2D eigenvalue weighted by atomic mass is 9.77. The smallest absolute Gasteiger partial charge is 0.408 e. The normalized spacial score (nSPS) is 12.0. The highest BCUT2D eigenvalue weighted by molar-refractivity contribution is 6.61. The van der Waals surface area contributed by atoms with Gasteiger partial charge in [0.05, 0.1) is 0 Å². The fourth-order valence-electron chi connectivity index (χ4n) is 1.88. The van der Waals surface area contributed by atoms with Crippen molar-refractivity contribution in [3.8, 4) is 0 Å². The van der Waals surface area contributed by atoms with E-state index in [4.69, 9.17) is 19.5 Å². The summed E-state index contributed by atoms with van der Waals surface area (Å²) in [6.45, 7) is 8.74. The minimum absolute atomic E-state index is 0.242. The number of nitrogen functional groups attached to an aromatic ring is 1. The summed E-state index contributed by atoms with van der Waals surface area (Å²) in [5.41, 5.74) is 7.87. The summed E-state index contributed by atoms with van der Waals surface area (Å²) < 4.78 is 17.1. The molecule has 0 spiro atoms. The molecule has 0 bridgehead atoms. The summed E-state index contributed by atoms with van der Waals surface area (Å²) in [7, 11) is -0.399. The van der Waals surface area contributed by atoms with Crippen LogP contribution in [0.5, 0.6) is 0 Å². The van der Waals surface area contributed by atoms with Crippen LogP contribution in [0, 0.1) is 0 Å². The van der Waals surface area contributed by atoms with Crippen LogP contribution >= 0.6 is 0 Å². The van der Waals surface area contributed by atoms with Crippen LogP contribution in [-0.2, 0) is 9.31 Å². The largest absolute Gasteiger partial charge is 0.494 e. The van der Waals surface area contributed by atoms with Crippen LogP contribution in [0.2, 0.25) is 0 Å². The summed E-state index contributed by atoms with van der Waals surface area (Å²) >= 11 is 0. The monoisotopic (exact) mass is 277 g/mol. The van der Waals surface area contributed by atoms with Crippen molar-refractivity contribution in [3.05, 3.63) is 18.2 Å². The van der Waals surface area contributed by atoms with Gasteiger partial charge in [0.2, 0.25) is 0 Å². The molecule has 0 aliphatic heterocycles. The van der Waals surface area contributed by atoms with Crippen molar-refractivity contribution >= 4 is 29.7 Å². The molecule has 1 aromatic carbocycles. The number of benzene rings is 1. The number of H-pyrrole nitrogens is 1. The first-order valence-corrected chi connectivity index (χ1v) is 6.96. The fourth-order valence-corrected chi connectivity index (χ4v) is 1.88. The molecule has 0 aliphatic carbocycles. The van der Waals surface area contributed by atoms with Crippen molar-refractivity contribution in [2.45, 2.75) is 39.7 Å². The number of rotatable bonds is 6. The summed E-state index contributed by atoms with van der Waals surface area (Å²) in [5.74, 6) is 0. The number of aromatic amines is 1. The molecule has 1 aromatic heterocycles. The zero-order valence-electron chi connectivity index (χ0n) is 12.5. The van der Waals surface area contributed by atoms with Crippen molar-refractivity contribution in [2.24, 2.45) is 0 Å². The van der Waals surface area contributed by atoms with Gasteiger partial charge in [0.15, 0.2) is 11.1 Å². The first-order valence-electron chi connectivity index (χ1n) is 6.96. The number of aromatic nitrogens is 1. The third-order valence-electron chi connectivity index (χ3n) is 3.35. The van der Waals surface area contributed by atoms with Crippen LogP contribution in [-0.4, -0.2) is 19.3 Å². The highest BCUT2D eigenvalue weighted by Crippen LogP contribution is 2.17. The Bertz CT molecular complexity index is 583. The molecule has 2 aromatic rings. The van der Waals surface area contributed by atoms with Gasteiger partial charge in [-0.05, 0) is 44.8 Å². The van der Waals surface area contributed by atoms with E-state index in [9.17, 15) is 0 Å². The number of anilines is 1. The molecule has 0 unspecified atom stereocenters. The Kier molecular flexibility index (Phi) is 4.35. The molecule has 0 radical (unpaired) electrons. The van der Waals surface area contributed by atoms with Crippen LogP contribution in [0.25, 0.3) is 11.1 Å². The van der Waals surface area contributed by atoms with Gasteiger partial charge in [-0.1, -0.05) is 13.0 Å². The molecule has 3 N–H and O–H groups in total. The molecule has 0 saturated carbocycles. The third-order valence-corrected chi connectivity index (χ3v) is 3.35. The summed E-state index contributed by atoms with van der Waals surface area (Å²) in [4.78, 5) is 2.97. The van der Waals surface area contributed by atoms with E-state index in [2.05, 4.69) is 25.8 Å². The maximum absolute atomic E-state index is 6.07. The molecule has 6 heteroatoms. The minimum atomic E-state index is -0.399. The van der Waals surface area contributed by atoms with E-state index in [1.54, 1.807) is 0 Å². The average molecular weight is 277 g/mol. The number of nitrogens with one attached hydrogen (secondary N) is 1. The van der Waals surface area contributed by atoms with E-state index in [0.29, 0.717) is 12.6 Å². The van der Waals surface area contributed by atoms with Gasteiger partial charge in [-0.15, -0.1) is 0 Å². The highest BCUT2D eigenvalue weighted by atomic mass is 16.6. The molecule has 5 nitrogen and oxygen atoms in total. The van der Waals surface area contributed by atoms with Gasteiger partial charge >= 0.3 is 13.1 Å². The number of fused-ring (bicyclic) bond motifs is 1. The van der Waals surface area contributed by atoms with Crippen molar-refractivity contribution in [1.29, 1.82) is 0 Å². The predicted molar refractivity (Wildman–Crippen MR) is 79.7 cm³/mol. The Labute approximate surface area is 119 Å². The molecule has 0 fully saturated rings. The van der Waals surface area contributed by atoms with Gasteiger partial charge in [0.25, 0.3) is 0 Å². The van der Waals surface area contributed by atoms with E-state index >= 15 is 0 Å². The Morgan fingerprint density at radius 3 is 2.75 bits per heavy atom. The maximum Gasteiger partial charge on any atom is 0.494 e. The van der Waals surface area contributed by atoms with Gasteiger partial charge in [-0.2, -0.15) is 0 Å². The van der Waals surface area contributed by atoms with Gasteiger partial charge in [-0.25, -0.2) is 4.98 Å². The Morgan fingerprint density at radius 2 is 2.10 bits per heavy atom. The molecule has 1 heterocycles. The highest BCUT2D eigenvalue weighted by Gasteiger charge is 2.29. The molecule has 2 rings (SSSR count). The summed E-state index contributed by atoms with van der Waals surface area (Å²) in [6.07, 6.45) is 0.906. The second kappa shape index (κ2) is 5.85. The quantitative estimate of drug-likeness (QED) is 0.817. The van der Waals surface area contributed by atoms with Gasteiger partial charge in [-0.3, -0.25) is 5.73 Å². The van der Waals surface area contributed by atoms with Crippen molar-refractivity contribution in [2.75, 3.05) is 12.3 Å². The van der Waals surface area contributed by atoms with Gasteiger partial charge < -0.3 is 13.7 Å². The lowest BCUT2D eigenvalue weighted by Gasteiger charge is -2.28. The van der Waals surface area contributed by atoms with E-state index in [0.717, 1.165) is 23.0 Å². The molecule has 0 amide bonds. The standard InChI is InChI=1S/C14H21BN2O3/c1-5-14(3,4)20-15(18-6-2)10-7-8-12-11(9-10)17-13(16)19-12/h7-9H,5-6H2,1-4H3,(H2,16,17)/p+1. The topological polar surface area (TPSA) is 71.8 Å². The lowest BCUT2D eigenvalue weighted by molar-refractivity contribution is -0.333. The molecular formula is C14H22BN2O3+. The van der Waals surface area contributed by atoms with Crippen molar-refractivity contribution in [1.82, 2.24) is 0 Å². The van der Waals surface area contributed by atoms with Crippen LogP contribution < -0.4 is 16.2 Å². The van der Waals surface area contributed by atoms with Crippen LogP contribution in [0.15, 0.2) is 22.6 Å². The zero-order chi connectivity index (χ0) is 14.8. The number of oxazole rings is 1. The zero-order valence-corrected chi connectivity index (χ0v) is 12.5. The lowest BCUT2D eigenvalue weighted by Crippen LogP contribution is -2.43. The van der Waals surface area contributed by atoms with Crippen molar-refractivity contribution in [3.63, 3.8) is 0 Å². The molecule has 0 aliphatic rings. The first kappa shape index (κ1) is 14.9. The molecular weight excluding hydrogens is 255 g/mol. The SMILES string of the molecule is CCOB(OC(C)(C)CC)c1ccc2oc(N)[nH+]c2c1. The minimum Gasteiger partial charge on any atom is -0.408 e. The van der Waals surface area contributed by atoms with E-state index in [-0.39, 0.29) is 5.60 Å². The molecule has 0 saturated heterocycles. The van der Waals surface area contributed by atoms with E-state index in [1.165, 1.54) is 0 Å². The van der Waals surface area contributed by atoms with Crippen LogP contribution in [0.4, 0.5) is 6.01 Å². The Balaban J connectivity index is 2.30. The summed E-state index contributed by atoms with van der Waals surface area (Å²) in [6, 6.07) is 6.04. The van der Waals surface area contributed by atoms with Crippen LogP contribution in [0.3, 0.4) is 0 Å². The maximum atomic E-state index is 6.07. The molecule has 0 atom stereocenters. The van der Waals surface area contributed by atoms with E-state index in [1.807, 2.05) is 25.1 Å². The second-order valence-corrected chi connectivity index (χ2v) is 5.37. The number of nitrogens with two attached hydrogens (primary N) is 1. The number of hydrogen-bond donors (Lipinski definition) is 1. The predicted octanol–water partition coefficient (Wildman–Crippen LogP) is 1.77. The fraction of sp³-hybridized carbons (Fsp3) is 0.500. The molecule has 20 heavy (non-hydrogen) atoms. The Morgan fingerprint density at radius 1 is 1.35 bits per heavy atom. The van der Waals surface area contributed by atoms with E-state index < -0.39 is 7.12 Å². The summed E-state index contributed by atoms with van der Waals surface area (Å²) in [5, 5.41) is 0. The van der Waals surface area contributed by atoms with Crippen molar-refractivity contribution < 1.29 is 18.7 Å². The molecule has 108 valence electrons. The second-order valence-electron chi connectivity index (χ2n) is 5.37. The van der Waals surface area contributed by atoms with Gasteiger partial charge in [0.1, 0.15) is 0 Å². The van der Waals surface area contributed by atoms with Crippen LogP contribution in [0.1, 0.15) is 34.1 Å². The average Bonchev–Trinajstić information content (AvgIpc) is 2.77. The third kappa shape index (κ3) is 3.32. The first-order chi connectivity index (χ1) is 9.45. The number of hydrogen-bond acceptors (Lipinski definition) is 4. The Hall–Kier alpha value is -1.53.